The summed E-state index contributed by atoms with van der Waals surface area (Å²) < 4.78 is 2.02. The lowest BCUT2D eigenvalue weighted by atomic mass is 10.1. The summed E-state index contributed by atoms with van der Waals surface area (Å²) in [5, 5.41) is 1.89. The van der Waals surface area contributed by atoms with E-state index in [1.54, 1.807) is 11.3 Å². The minimum atomic E-state index is -0.172. The van der Waals surface area contributed by atoms with Crippen molar-refractivity contribution in [1.82, 2.24) is 4.57 Å². The predicted octanol–water partition coefficient (Wildman–Crippen LogP) is 4.12. The van der Waals surface area contributed by atoms with Crippen LogP contribution in [0, 0.1) is 0 Å². The molecule has 0 bridgehead atoms. The molecule has 0 radical (unpaired) electrons. The van der Waals surface area contributed by atoms with Crippen LogP contribution in [0.1, 0.15) is 21.5 Å². The number of thiazole rings is 1. The molecule has 0 fully saturated rings. The second-order valence-corrected chi connectivity index (χ2v) is 6.84. The highest BCUT2D eigenvalue weighted by atomic mass is 32.1. The summed E-state index contributed by atoms with van der Waals surface area (Å²) in [6.07, 6.45) is 0.922. The highest BCUT2D eigenvalue weighted by molar-refractivity contribution is 7.12. The minimum Gasteiger partial charge on any atom is -0.319 e. The molecular formula is C17H16N2OS2. The Bertz CT molecular complexity index is 843. The molecule has 0 atom stereocenters. The van der Waals surface area contributed by atoms with Crippen molar-refractivity contribution in [2.75, 3.05) is 0 Å². The van der Waals surface area contributed by atoms with Gasteiger partial charge in [0.25, 0.3) is 5.91 Å². The largest absolute Gasteiger partial charge is 0.319 e. The molecule has 112 valence electrons. The molecule has 0 aliphatic rings. The monoisotopic (exact) mass is 328 g/mol. The van der Waals surface area contributed by atoms with E-state index in [1.165, 1.54) is 16.2 Å². The quantitative estimate of drug-likeness (QED) is 0.712. The molecule has 0 N–H and O–H groups in total. The number of carbonyl (C=O) groups is 1. The normalized spacial score (nSPS) is 11.8. The minimum absolute atomic E-state index is 0.172. The highest BCUT2D eigenvalue weighted by Crippen LogP contribution is 2.25. The Balaban J connectivity index is 2.11. The van der Waals surface area contributed by atoms with Gasteiger partial charge in [0.1, 0.15) is 0 Å². The fourth-order valence-electron chi connectivity index (χ4n) is 2.34. The number of hydrogen-bond acceptors (Lipinski definition) is 3. The van der Waals surface area contributed by atoms with Crippen LogP contribution in [0.15, 0.2) is 52.8 Å². The van der Waals surface area contributed by atoms with Gasteiger partial charge in [-0.1, -0.05) is 43.3 Å². The first kappa shape index (κ1) is 14.9. The summed E-state index contributed by atoms with van der Waals surface area (Å²) in [5.41, 5.74) is 2.30. The zero-order valence-corrected chi connectivity index (χ0v) is 14.1. The van der Waals surface area contributed by atoms with Gasteiger partial charge in [0.15, 0.2) is 4.80 Å². The first-order valence-electron chi connectivity index (χ1n) is 7.07. The smallest absolute Gasteiger partial charge is 0.289 e. The molecule has 0 spiro atoms. The Morgan fingerprint density at radius 2 is 1.95 bits per heavy atom. The number of aromatic nitrogens is 1. The second-order valence-electron chi connectivity index (χ2n) is 4.83. The topological polar surface area (TPSA) is 34.4 Å². The van der Waals surface area contributed by atoms with Crippen LogP contribution in [0.5, 0.6) is 0 Å². The lowest BCUT2D eigenvalue weighted by Gasteiger charge is -2.05. The van der Waals surface area contributed by atoms with Gasteiger partial charge in [-0.05, 0) is 23.4 Å². The van der Waals surface area contributed by atoms with E-state index in [4.69, 9.17) is 0 Å². The van der Waals surface area contributed by atoms with Crippen LogP contribution in [0.4, 0.5) is 0 Å². The van der Waals surface area contributed by atoms with Crippen molar-refractivity contribution in [3.8, 4) is 11.3 Å². The first-order chi connectivity index (χ1) is 10.7. The summed E-state index contributed by atoms with van der Waals surface area (Å²) >= 11 is 3.01. The van der Waals surface area contributed by atoms with Crippen LogP contribution >= 0.6 is 22.7 Å². The van der Waals surface area contributed by atoms with Crippen molar-refractivity contribution < 1.29 is 4.79 Å². The van der Waals surface area contributed by atoms with Crippen molar-refractivity contribution in [3.05, 3.63) is 62.4 Å². The molecule has 3 aromatic rings. The number of carbonyl (C=O) groups excluding carboxylic acids is 1. The average molecular weight is 328 g/mol. The Morgan fingerprint density at radius 1 is 1.18 bits per heavy atom. The number of benzene rings is 1. The molecule has 1 amide bonds. The molecule has 0 aliphatic carbocycles. The molecule has 0 saturated carbocycles. The molecule has 0 aliphatic heterocycles. The van der Waals surface area contributed by atoms with Crippen molar-refractivity contribution in [2.24, 2.45) is 12.0 Å². The van der Waals surface area contributed by atoms with Crippen molar-refractivity contribution in [3.63, 3.8) is 0 Å². The van der Waals surface area contributed by atoms with E-state index in [-0.39, 0.29) is 5.91 Å². The fraction of sp³-hybridized carbons (Fsp3) is 0.176. The molecule has 2 heterocycles. The SMILES string of the molecule is CCc1sc(=NC(=O)c2cccs2)n(C)c1-c1ccccc1. The van der Waals surface area contributed by atoms with Gasteiger partial charge >= 0.3 is 0 Å². The van der Waals surface area contributed by atoms with Crippen molar-refractivity contribution in [2.45, 2.75) is 13.3 Å². The average Bonchev–Trinajstić information content (AvgIpc) is 3.17. The lowest BCUT2D eigenvalue weighted by Crippen LogP contribution is -2.14. The van der Waals surface area contributed by atoms with Crippen LogP contribution < -0.4 is 4.80 Å². The van der Waals surface area contributed by atoms with Crippen LogP contribution in [-0.4, -0.2) is 10.5 Å². The highest BCUT2D eigenvalue weighted by Gasteiger charge is 2.13. The molecule has 0 saturated heterocycles. The third-order valence-corrected chi connectivity index (χ3v) is 5.53. The Labute approximate surface area is 137 Å². The third-order valence-electron chi connectivity index (χ3n) is 3.40. The molecule has 2 aromatic heterocycles. The Kier molecular flexibility index (Phi) is 4.36. The van der Waals surface area contributed by atoms with Crippen LogP contribution in [0.3, 0.4) is 0 Å². The van der Waals surface area contributed by atoms with E-state index in [2.05, 4.69) is 24.0 Å². The Hall–Kier alpha value is -1.98. The van der Waals surface area contributed by atoms with E-state index >= 15 is 0 Å². The van der Waals surface area contributed by atoms with Crippen LogP contribution in [-0.2, 0) is 13.5 Å². The number of nitrogens with zero attached hydrogens (tertiary/aromatic N) is 2. The van der Waals surface area contributed by atoms with Crippen molar-refractivity contribution >= 4 is 28.6 Å². The number of thiophene rings is 1. The van der Waals surface area contributed by atoms with Gasteiger partial charge in [-0.2, -0.15) is 4.99 Å². The first-order valence-corrected chi connectivity index (χ1v) is 8.77. The molecule has 22 heavy (non-hydrogen) atoms. The summed E-state index contributed by atoms with van der Waals surface area (Å²) in [5.74, 6) is -0.172. The number of hydrogen-bond donors (Lipinski definition) is 0. The Morgan fingerprint density at radius 3 is 2.59 bits per heavy atom. The molecule has 0 unspecified atom stereocenters. The van der Waals surface area contributed by atoms with E-state index < -0.39 is 0 Å². The number of aryl methyl sites for hydroxylation is 1. The molecule has 1 aromatic carbocycles. The zero-order chi connectivity index (χ0) is 15.5. The van der Waals surface area contributed by atoms with Gasteiger partial charge in [0.2, 0.25) is 0 Å². The number of rotatable bonds is 3. The van der Waals surface area contributed by atoms with Gasteiger partial charge in [-0.25, -0.2) is 0 Å². The van der Waals surface area contributed by atoms with E-state index in [9.17, 15) is 4.79 Å². The maximum atomic E-state index is 12.2. The molecular weight excluding hydrogens is 312 g/mol. The van der Waals surface area contributed by atoms with Crippen LogP contribution in [0.2, 0.25) is 0 Å². The molecule has 5 heteroatoms. The fourth-order valence-corrected chi connectivity index (χ4v) is 4.02. The second kappa shape index (κ2) is 6.42. The van der Waals surface area contributed by atoms with Gasteiger partial charge in [-0.3, -0.25) is 4.79 Å². The van der Waals surface area contributed by atoms with Crippen LogP contribution in [0.25, 0.3) is 11.3 Å². The van der Waals surface area contributed by atoms with Gasteiger partial charge < -0.3 is 4.57 Å². The predicted molar refractivity (Wildman–Crippen MR) is 92.3 cm³/mol. The van der Waals surface area contributed by atoms with E-state index in [0.29, 0.717) is 4.88 Å². The number of amides is 1. The zero-order valence-electron chi connectivity index (χ0n) is 12.4. The van der Waals surface area contributed by atoms with Crippen molar-refractivity contribution in [1.29, 1.82) is 0 Å². The molecule has 3 nitrogen and oxygen atoms in total. The lowest BCUT2D eigenvalue weighted by molar-refractivity contribution is 0.100. The maximum Gasteiger partial charge on any atom is 0.289 e. The standard InChI is InChI=1S/C17H16N2OS2/c1-3-13-15(12-8-5-4-6-9-12)19(2)17(22-13)18-16(20)14-10-7-11-21-14/h4-11H,3H2,1-2H3. The van der Waals surface area contributed by atoms with Gasteiger partial charge in [0, 0.05) is 11.9 Å². The maximum absolute atomic E-state index is 12.2. The van der Waals surface area contributed by atoms with E-state index in [1.807, 2.05) is 47.3 Å². The molecule has 3 rings (SSSR count). The summed E-state index contributed by atoms with van der Waals surface area (Å²) in [6, 6.07) is 13.9. The van der Waals surface area contributed by atoms with Gasteiger partial charge in [0.05, 0.1) is 10.6 Å². The van der Waals surface area contributed by atoms with E-state index in [0.717, 1.165) is 22.5 Å². The summed E-state index contributed by atoms with van der Waals surface area (Å²) in [7, 11) is 1.97. The summed E-state index contributed by atoms with van der Waals surface area (Å²) in [4.78, 5) is 19.2. The van der Waals surface area contributed by atoms with Gasteiger partial charge in [-0.15, -0.1) is 22.7 Å². The third kappa shape index (κ3) is 2.82. The summed E-state index contributed by atoms with van der Waals surface area (Å²) in [6.45, 7) is 2.13.